The van der Waals surface area contributed by atoms with Crippen LogP contribution in [0.15, 0.2) is 33.3 Å². The zero-order valence-electron chi connectivity index (χ0n) is 10.0. The topological polar surface area (TPSA) is 93.6 Å². The molecule has 0 atom stereocenters. The van der Waals surface area contributed by atoms with Crippen LogP contribution in [0.1, 0.15) is 5.56 Å². The first kappa shape index (κ1) is 11.9. The zero-order chi connectivity index (χ0) is 13.4. The van der Waals surface area contributed by atoms with E-state index in [1.165, 1.54) is 0 Å². The van der Waals surface area contributed by atoms with Crippen molar-refractivity contribution in [3.05, 3.63) is 34.3 Å². The predicted molar refractivity (Wildman–Crippen MR) is 74.2 cm³/mol. The largest absolute Gasteiger partial charge is 0.382 e. The SMILES string of the molecule is Cc1ccc(-c2noc(-c3cc(N)n[nH]3)n2)c(Br)c1. The normalized spacial score (nSPS) is 10.8. The van der Waals surface area contributed by atoms with Gasteiger partial charge in [0.1, 0.15) is 11.5 Å². The summed E-state index contributed by atoms with van der Waals surface area (Å²) in [5, 5.41) is 10.5. The van der Waals surface area contributed by atoms with Crippen LogP contribution in [-0.2, 0) is 0 Å². The number of benzene rings is 1. The van der Waals surface area contributed by atoms with Crippen LogP contribution in [0.5, 0.6) is 0 Å². The second-order valence-corrected chi connectivity index (χ2v) is 4.97. The molecule has 7 heteroatoms. The van der Waals surface area contributed by atoms with Crippen LogP contribution in [0.25, 0.3) is 23.0 Å². The highest BCUT2D eigenvalue weighted by Gasteiger charge is 2.14. The van der Waals surface area contributed by atoms with Gasteiger partial charge in [-0.3, -0.25) is 5.10 Å². The van der Waals surface area contributed by atoms with Crippen LogP contribution in [0.3, 0.4) is 0 Å². The first-order valence-corrected chi connectivity index (χ1v) is 6.34. The Hall–Kier alpha value is -2.15. The molecule has 96 valence electrons. The predicted octanol–water partition coefficient (Wildman–Crippen LogP) is 2.78. The molecule has 0 radical (unpaired) electrons. The molecule has 0 amide bonds. The first-order valence-electron chi connectivity index (χ1n) is 5.55. The highest BCUT2D eigenvalue weighted by molar-refractivity contribution is 9.10. The number of aromatic nitrogens is 4. The molecule has 3 aromatic rings. The highest BCUT2D eigenvalue weighted by Crippen LogP contribution is 2.28. The van der Waals surface area contributed by atoms with E-state index < -0.39 is 0 Å². The summed E-state index contributed by atoms with van der Waals surface area (Å²) in [5.74, 6) is 1.24. The number of anilines is 1. The molecule has 0 aliphatic heterocycles. The van der Waals surface area contributed by atoms with Crippen LogP contribution < -0.4 is 5.73 Å². The number of nitrogen functional groups attached to an aromatic ring is 1. The summed E-state index contributed by atoms with van der Waals surface area (Å²) in [4.78, 5) is 4.32. The summed E-state index contributed by atoms with van der Waals surface area (Å²) in [5.41, 5.74) is 8.15. The van der Waals surface area contributed by atoms with Gasteiger partial charge < -0.3 is 10.3 Å². The Morgan fingerprint density at radius 3 is 2.84 bits per heavy atom. The Balaban J connectivity index is 2.01. The Kier molecular flexibility index (Phi) is 2.83. The number of hydrogen-bond donors (Lipinski definition) is 2. The van der Waals surface area contributed by atoms with E-state index in [0.29, 0.717) is 23.2 Å². The monoisotopic (exact) mass is 319 g/mol. The molecular weight excluding hydrogens is 310 g/mol. The number of aryl methyl sites for hydroxylation is 1. The molecule has 0 aliphatic rings. The summed E-state index contributed by atoms with van der Waals surface area (Å²) >= 11 is 3.49. The molecule has 0 saturated heterocycles. The van der Waals surface area contributed by atoms with Gasteiger partial charge in [0, 0.05) is 16.1 Å². The van der Waals surface area contributed by atoms with E-state index in [1.54, 1.807) is 6.07 Å². The molecule has 0 unspecified atom stereocenters. The maximum absolute atomic E-state index is 5.53. The lowest BCUT2D eigenvalue weighted by atomic mass is 10.1. The lowest BCUT2D eigenvalue weighted by Gasteiger charge is -1.99. The fourth-order valence-electron chi connectivity index (χ4n) is 1.69. The average molecular weight is 320 g/mol. The minimum absolute atomic E-state index is 0.353. The van der Waals surface area contributed by atoms with Gasteiger partial charge in [-0.25, -0.2) is 0 Å². The van der Waals surface area contributed by atoms with Crippen LogP contribution in [-0.4, -0.2) is 20.3 Å². The molecule has 0 fully saturated rings. The minimum atomic E-state index is 0.353. The van der Waals surface area contributed by atoms with Crippen molar-refractivity contribution in [3.8, 4) is 23.0 Å². The lowest BCUT2D eigenvalue weighted by Crippen LogP contribution is -1.84. The average Bonchev–Trinajstić information content (AvgIpc) is 2.97. The van der Waals surface area contributed by atoms with Crippen molar-refractivity contribution in [2.45, 2.75) is 6.92 Å². The highest BCUT2D eigenvalue weighted by atomic mass is 79.9. The van der Waals surface area contributed by atoms with Crippen molar-refractivity contribution in [2.24, 2.45) is 0 Å². The van der Waals surface area contributed by atoms with Gasteiger partial charge in [0.2, 0.25) is 5.82 Å². The van der Waals surface area contributed by atoms with Gasteiger partial charge in [-0.1, -0.05) is 27.2 Å². The molecule has 2 heterocycles. The van der Waals surface area contributed by atoms with Crippen molar-refractivity contribution >= 4 is 21.7 Å². The van der Waals surface area contributed by atoms with E-state index >= 15 is 0 Å². The lowest BCUT2D eigenvalue weighted by molar-refractivity contribution is 0.431. The molecule has 3 N–H and O–H groups in total. The van der Waals surface area contributed by atoms with E-state index in [1.807, 2.05) is 25.1 Å². The van der Waals surface area contributed by atoms with Crippen LogP contribution in [0, 0.1) is 6.92 Å². The van der Waals surface area contributed by atoms with Gasteiger partial charge in [0.25, 0.3) is 5.89 Å². The zero-order valence-corrected chi connectivity index (χ0v) is 11.6. The Labute approximate surface area is 117 Å². The Bertz CT molecular complexity index is 733. The van der Waals surface area contributed by atoms with Crippen molar-refractivity contribution in [1.82, 2.24) is 20.3 Å². The maximum Gasteiger partial charge on any atom is 0.276 e. The molecule has 2 aromatic heterocycles. The summed E-state index contributed by atoms with van der Waals surface area (Å²) in [6, 6.07) is 7.57. The molecule has 0 bridgehead atoms. The third-order valence-corrected chi connectivity index (χ3v) is 3.28. The minimum Gasteiger partial charge on any atom is -0.382 e. The number of aromatic amines is 1. The summed E-state index contributed by atoms with van der Waals surface area (Å²) in [7, 11) is 0. The fraction of sp³-hybridized carbons (Fsp3) is 0.0833. The molecule has 6 nitrogen and oxygen atoms in total. The molecule has 0 saturated carbocycles. The Morgan fingerprint density at radius 1 is 1.32 bits per heavy atom. The fourth-order valence-corrected chi connectivity index (χ4v) is 2.36. The van der Waals surface area contributed by atoms with E-state index in [2.05, 4.69) is 36.3 Å². The third kappa shape index (κ3) is 2.24. The number of nitrogens with one attached hydrogen (secondary N) is 1. The second kappa shape index (κ2) is 4.51. The molecule has 0 spiro atoms. The van der Waals surface area contributed by atoms with Gasteiger partial charge in [-0.05, 0) is 24.6 Å². The van der Waals surface area contributed by atoms with Gasteiger partial charge in [-0.2, -0.15) is 10.1 Å². The van der Waals surface area contributed by atoms with Crippen molar-refractivity contribution in [3.63, 3.8) is 0 Å². The second-order valence-electron chi connectivity index (χ2n) is 4.11. The van der Waals surface area contributed by atoms with E-state index in [9.17, 15) is 0 Å². The van der Waals surface area contributed by atoms with Gasteiger partial charge in [0.15, 0.2) is 0 Å². The summed E-state index contributed by atoms with van der Waals surface area (Å²) in [6.07, 6.45) is 0. The number of nitrogens with zero attached hydrogens (tertiary/aromatic N) is 3. The quantitative estimate of drug-likeness (QED) is 0.757. The number of rotatable bonds is 2. The molecule has 19 heavy (non-hydrogen) atoms. The molecule has 3 rings (SSSR count). The maximum atomic E-state index is 5.53. The van der Waals surface area contributed by atoms with Crippen molar-refractivity contribution in [2.75, 3.05) is 5.73 Å². The smallest absolute Gasteiger partial charge is 0.276 e. The molecule has 1 aromatic carbocycles. The van der Waals surface area contributed by atoms with Crippen LogP contribution >= 0.6 is 15.9 Å². The first-order chi connectivity index (χ1) is 9.13. The van der Waals surface area contributed by atoms with Crippen molar-refractivity contribution < 1.29 is 4.52 Å². The summed E-state index contributed by atoms with van der Waals surface area (Å²) < 4.78 is 6.12. The summed E-state index contributed by atoms with van der Waals surface area (Å²) in [6.45, 7) is 2.02. The van der Waals surface area contributed by atoms with Crippen molar-refractivity contribution in [1.29, 1.82) is 0 Å². The molecule has 0 aliphatic carbocycles. The van der Waals surface area contributed by atoms with E-state index in [-0.39, 0.29) is 0 Å². The standard InChI is InChI=1S/C12H10BrN5O/c1-6-2-3-7(8(13)4-6)11-15-12(19-18-11)9-5-10(14)17-16-9/h2-5H,1H3,(H3,14,16,17). The number of hydrogen-bond acceptors (Lipinski definition) is 5. The Morgan fingerprint density at radius 2 is 2.16 bits per heavy atom. The van der Waals surface area contributed by atoms with Gasteiger partial charge >= 0.3 is 0 Å². The van der Waals surface area contributed by atoms with Crippen LogP contribution in [0.4, 0.5) is 5.82 Å². The number of nitrogens with two attached hydrogens (primary N) is 1. The molecular formula is C12H10BrN5O. The van der Waals surface area contributed by atoms with Gasteiger partial charge in [-0.15, -0.1) is 0 Å². The third-order valence-electron chi connectivity index (χ3n) is 2.62. The van der Waals surface area contributed by atoms with E-state index in [4.69, 9.17) is 10.3 Å². The number of H-pyrrole nitrogens is 1. The number of halogens is 1. The van der Waals surface area contributed by atoms with E-state index in [0.717, 1.165) is 15.6 Å². The van der Waals surface area contributed by atoms with Gasteiger partial charge in [0.05, 0.1) is 0 Å². The van der Waals surface area contributed by atoms with Crippen LogP contribution in [0.2, 0.25) is 0 Å².